The Hall–Kier alpha value is -4.35. The van der Waals surface area contributed by atoms with E-state index in [2.05, 4.69) is 26.3 Å². The molecule has 0 unspecified atom stereocenters. The van der Waals surface area contributed by atoms with Gasteiger partial charge < -0.3 is 5.73 Å². The van der Waals surface area contributed by atoms with E-state index in [-0.39, 0.29) is 12.1 Å². The molecule has 2 aromatic carbocycles. The van der Waals surface area contributed by atoms with Gasteiger partial charge in [0.25, 0.3) is 5.56 Å². The number of benzene rings is 2. The third-order valence-corrected chi connectivity index (χ3v) is 5.45. The molecule has 0 aliphatic heterocycles. The van der Waals surface area contributed by atoms with Crippen LogP contribution < -0.4 is 11.3 Å². The number of rotatable bonds is 3. The normalized spacial score (nSPS) is 11.1. The fourth-order valence-corrected chi connectivity index (χ4v) is 3.97. The smallest absolute Gasteiger partial charge is 0.272 e. The van der Waals surface area contributed by atoms with E-state index in [1.54, 1.807) is 23.1 Å². The molecule has 0 atom stereocenters. The summed E-state index contributed by atoms with van der Waals surface area (Å²) in [4.78, 5) is 16.6. The van der Waals surface area contributed by atoms with Crippen LogP contribution in [-0.4, -0.2) is 25.0 Å². The van der Waals surface area contributed by atoms with E-state index in [4.69, 9.17) is 5.73 Å². The highest BCUT2D eigenvalue weighted by Gasteiger charge is 2.19. The van der Waals surface area contributed by atoms with Gasteiger partial charge in [-0.05, 0) is 23.8 Å². The Bertz CT molecular complexity index is 1570. The van der Waals surface area contributed by atoms with Crippen LogP contribution >= 0.6 is 0 Å². The van der Waals surface area contributed by atoms with Crippen molar-refractivity contribution in [2.45, 2.75) is 6.54 Å². The summed E-state index contributed by atoms with van der Waals surface area (Å²) in [5, 5.41) is 23.0. The van der Waals surface area contributed by atoms with Gasteiger partial charge in [0.05, 0.1) is 34.1 Å². The van der Waals surface area contributed by atoms with E-state index in [0.29, 0.717) is 27.5 Å². The molecule has 0 radical (unpaired) electrons. The molecule has 8 nitrogen and oxygen atoms in total. The standard InChI is InChI=1S/C23H17N7O/c1-30-22(15-6-4-13-3-2-8-26-21(13)18(15)10-24)19(12-27-30)14-5-7-16-17(9-14)20(11-25)28-29-23(16)31/h2-9,12H,11,25H2,1H3,(H,29,31). The lowest BCUT2D eigenvalue weighted by Gasteiger charge is -2.11. The molecule has 0 saturated heterocycles. The summed E-state index contributed by atoms with van der Waals surface area (Å²) in [5.74, 6) is 0. The number of aromatic amines is 1. The Morgan fingerprint density at radius 1 is 1.16 bits per heavy atom. The first-order valence-corrected chi connectivity index (χ1v) is 9.64. The van der Waals surface area contributed by atoms with Crippen LogP contribution in [0.4, 0.5) is 0 Å². The van der Waals surface area contributed by atoms with Crippen LogP contribution in [0.2, 0.25) is 0 Å². The maximum Gasteiger partial charge on any atom is 0.272 e. The van der Waals surface area contributed by atoms with Crippen molar-refractivity contribution in [2.75, 3.05) is 0 Å². The number of nitrogens with two attached hydrogens (primary N) is 1. The van der Waals surface area contributed by atoms with Gasteiger partial charge in [-0.25, -0.2) is 5.10 Å². The van der Waals surface area contributed by atoms with Gasteiger partial charge in [0, 0.05) is 41.7 Å². The topological polar surface area (TPSA) is 126 Å². The summed E-state index contributed by atoms with van der Waals surface area (Å²) in [6, 6.07) is 15.5. The summed E-state index contributed by atoms with van der Waals surface area (Å²) < 4.78 is 1.74. The number of nitrogens with one attached hydrogen (secondary N) is 1. The Kier molecular flexibility index (Phi) is 4.31. The van der Waals surface area contributed by atoms with E-state index >= 15 is 0 Å². The number of nitriles is 1. The number of H-pyrrole nitrogens is 1. The molecule has 8 heteroatoms. The first kappa shape index (κ1) is 18.7. The molecule has 0 aliphatic carbocycles. The molecule has 3 aromatic heterocycles. The highest BCUT2D eigenvalue weighted by molar-refractivity contribution is 5.96. The van der Waals surface area contributed by atoms with E-state index < -0.39 is 0 Å². The van der Waals surface area contributed by atoms with Crippen LogP contribution in [0.25, 0.3) is 44.1 Å². The third-order valence-electron chi connectivity index (χ3n) is 5.45. The summed E-state index contributed by atoms with van der Waals surface area (Å²) in [6.07, 6.45) is 3.43. The average Bonchev–Trinajstić information content (AvgIpc) is 3.19. The molecule has 31 heavy (non-hydrogen) atoms. The highest BCUT2D eigenvalue weighted by Crippen LogP contribution is 2.36. The van der Waals surface area contributed by atoms with Gasteiger partial charge in [0.2, 0.25) is 0 Å². The van der Waals surface area contributed by atoms with Crippen molar-refractivity contribution in [1.82, 2.24) is 25.0 Å². The van der Waals surface area contributed by atoms with Gasteiger partial charge in [0.15, 0.2) is 0 Å². The number of aromatic nitrogens is 5. The maximum atomic E-state index is 12.2. The fraction of sp³-hybridized carbons (Fsp3) is 0.0870. The second-order valence-corrected chi connectivity index (χ2v) is 7.17. The summed E-state index contributed by atoms with van der Waals surface area (Å²) in [5.41, 5.74) is 10.5. The maximum absolute atomic E-state index is 12.2. The lowest BCUT2D eigenvalue weighted by molar-refractivity contribution is 0.776. The molecule has 0 aliphatic rings. The Morgan fingerprint density at radius 3 is 2.84 bits per heavy atom. The largest absolute Gasteiger partial charge is 0.325 e. The van der Waals surface area contributed by atoms with Crippen LogP contribution in [0.1, 0.15) is 11.3 Å². The number of hydrogen-bond donors (Lipinski definition) is 2. The SMILES string of the molecule is Cn1ncc(-c2ccc3c(=O)[nH]nc(CN)c3c2)c1-c1ccc2cccnc2c1C#N. The highest BCUT2D eigenvalue weighted by atomic mass is 16.1. The third kappa shape index (κ3) is 2.87. The predicted molar refractivity (Wildman–Crippen MR) is 118 cm³/mol. The summed E-state index contributed by atoms with van der Waals surface area (Å²) in [6.45, 7) is 0.200. The van der Waals surface area contributed by atoms with Gasteiger partial charge in [-0.15, -0.1) is 0 Å². The first-order valence-electron chi connectivity index (χ1n) is 9.64. The number of hydrogen-bond acceptors (Lipinski definition) is 6. The summed E-state index contributed by atoms with van der Waals surface area (Å²) in [7, 11) is 1.83. The molecule has 0 bridgehead atoms. The minimum absolute atomic E-state index is 0.200. The van der Waals surface area contributed by atoms with Gasteiger partial charge >= 0.3 is 0 Å². The molecule has 0 amide bonds. The zero-order valence-corrected chi connectivity index (χ0v) is 16.6. The van der Waals surface area contributed by atoms with Crippen molar-refractivity contribution in [1.29, 1.82) is 5.26 Å². The number of aryl methyl sites for hydroxylation is 1. The molecule has 0 saturated carbocycles. The number of fused-ring (bicyclic) bond motifs is 2. The van der Waals surface area contributed by atoms with Crippen molar-refractivity contribution >= 4 is 21.7 Å². The molecule has 5 rings (SSSR count). The monoisotopic (exact) mass is 407 g/mol. The second kappa shape index (κ2) is 7.16. The molecule has 3 heterocycles. The molecular weight excluding hydrogens is 390 g/mol. The minimum Gasteiger partial charge on any atom is -0.325 e. The second-order valence-electron chi connectivity index (χ2n) is 7.17. The zero-order chi connectivity index (χ0) is 21.5. The first-order chi connectivity index (χ1) is 15.1. The van der Waals surface area contributed by atoms with Crippen molar-refractivity contribution in [3.63, 3.8) is 0 Å². The van der Waals surface area contributed by atoms with E-state index in [1.165, 1.54) is 0 Å². The molecule has 150 valence electrons. The van der Waals surface area contributed by atoms with Crippen LogP contribution in [0.15, 0.2) is 59.7 Å². The minimum atomic E-state index is -0.266. The van der Waals surface area contributed by atoms with Crippen LogP contribution in [0.3, 0.4) is 0 Å². The molecule has 3 N–H and O–H groups in total. The molecule has 5 aromatic rings. The molecule has 0 spiro atoms. The van der Waals surface area contributed by atoms with Gasteiger partial charge in [0.1, 0.15) is 6.07 Å². The summed E-state index contributed by atoms with van der Waals surface area (Å²) >= 11 is 0. The molecular formula is C23H17N7O. The van der Waals surface area contributed by atoms with Crippen LogP contribution in [-0.2, 0) is 13.6 Å². The van der Waals surface area contributed by atoms with Crippen molar-refractivity contribution < 1.29 is 0 Å². The number of nitrogens with zero attached hydrogens (tertiary/aromatic N) is 5. The Labute approximate surface area is 176 Å². The Morgan fingerprint density at radius 2 is 2.03 bits per heavy atom. The lowest BCUT2D eigenvalue weighted by atomic mass is 9.95. The van der Waals surface area contributed by atoms with Crippen molar-refractivity contribution in [3.05, 3.63) is 76.5 Å². The van der Waals surface area contributed by atoms with Gasteiger partial charge in [-0.1, -0.05) is 24.3 Å². The van der Waals surface area contributed by atoms with Gasteiger partial charge in [-0.3, -0.25) is 14.5 Å². The zero-order valence-electron chi connectivity index (χ0n) is 16.6. The van der Waals surface area contributed by atoms with E-state index in [9.17, 15) is 10.1 Å². The van der Waals surface area contributed by atoms with Crippen LogP contribution in [0.5, 0.6) is 0 Å². The quantitative estimate of drug-likeness (QED) is 0.473. The lowest BCUT2D eigenvalue weighted by Crippen LogP contribution is -2.13. The number of pyridine rings is 1. The molecule has 0 fully saturated rings. The fourth-order valence-electron chi connectivity index (χ4n) is 3.97. The Balaban J connectivity index is 1.79. The predicted octanol–water partition coefficient (Wildman–Crippen LogP) is 2.87. The van der Waals surface area contributed by atoms with E-state index in [1.807, 2.05) is 43.4 Å². The van der Waals surface area contributed by atoms with E-state index in [0.717, 1.165) is 27.8 Å². The van der Waals surface area contributed by atoms with Crippen molar-refractivity contribution in [2.24, 2.45) is 12.8 Å². The van der Waals surface area contributed by atoms with Crippen molar-refractivity contribution in [3.8, 4) is 28.5 Å². The van der Waals surface area contributed by atoms with Crippen LogP contribution in [0, 0.1) is 11.3 Å². The van der Waals surface area contributed by atoms with Gasteiger partial charge in [-0.2, -0.15) is 15.5 Å². The average molecular weight is 407 g/mol.